The Morgan fingerprint density at radius 3 is 2.79 bits per heavy atom. The van der Waals surface area contributed by atoms with Crippen LogP contribution in [0.4, 0.5) is 0 Å². The van der Waals surface area contributed by atoms with Gasteiger partial charge in [-0.05, 0) is 67.5 Å². The van der Waals surface area contributed by atoms with Gasteiger partial charge in [-0.15, -0.1) is 0 Å². The average molecular weight is 397 g/mol. The second-order valence-corrected chi connectivity index (χ2v) is 7.53. The van der Waals surface area contributed by atoms with E-state index in [1.807, 2.05) is 42.2 Å². The van der Waals surface area contributed by atoms with Gasteiger partial charge in [-0.2, -0.15) is 0 Å². The van der Waals surface area contributed by atoms with E-state index < -0.39 is 0 Å². The van der Waals surface area contributed by atoms with Crippen molar-refractivity contribution in [2.75, 3.05) is 6.61 Å². The fourth-order valence-electron chi connectivity index (χ4n) is 3.73. The molecule has 0 amide bonds. The van der Waals surface area contributed by atoms with Crippen molar-refractivity contribution >= 4 is 11.6 Å². The first-order chi connectivity index (χ1) is 13.7. The lowest BCUT2D eigenvalue weighted by molar-refractivity contribution is -0.0916. The third kappa shape index (κ3) is 4.40. The van der Waals surface area contributed by atoms with Crippen LogP contribution in [0.1, 0.15) is 55.2 Å². The van der Waals surface area contributed by atoms with Crippen LogP contribution in [0.25, 0.3) is 0 Å². The topological polar surface area (TPSA) is 36.3 Å². The minimum atomic E-state index is 0.0477. The third-order valence-corrected chi connectivity index (χ3v) is 5.54. The third-order valence-electron chi connectivity index (χ3n) is 5.17. The van der Waals surface area contributed by atoms with Gasteiger partial charge in [0.2, 0.25) is 0 Å². The van der Waals surface area contributed by atoms with Crippen LogP contribution in [0.15, 0.2) is 61.2 Å². The number of aromatic nitrogens is 2. The Morgan fingerprint density at radius 1 is 1.18 bits per heavy atom. The van der Waals surface area contributed by atoms with Crippen molar-refractivity contribution in [2.45, 2.75) is 44.9 Å². The number of hydrogen-bond donors (Lipinski definition) is 0. The van der Waals surface area contributed by atoms with Crippen LogP contribution in [0.2, 0.25) is 5.02 Å². The monoisotopic (exact) mass is 396 g/mol. The molecule has 0 aliphatic carbocycles. The Morgan fingerprint density at radius 2 is 2.04 bits per heavy atom. The highest BCUT2D eigenvalue weighted by atomic mass is 35.5. The average Bonchev–Trinajstić information content (AvgIpc) is 3.26. The van der Waals surface area contributed by atoms with Gasteiger partial charge >= 0.3 is 0 Å². The molecule has 2 atom stereocenters. The predicted octanol–water partition coefficient (Wildman–Crippen LogP) is 5.97. The highest BCUT2D eigenvalue weighted by Crippen LogP contribution is 2.37. The van der Waals surface area contributed by atoms with Crippen molar-refractivity contribution < 1.29 is 9.47 Å². The number of rotatable bonds is 6. The summed E-state index contributed by atoms with van der Waals surface area (Å²) in [5.74, 6) is 0.896. The highest BCUT2D eigenvalue weighted by molar-refractivity contribution is 6.31. The van der Waals surface area contributed by atoms with Crippen LogP contribution in [0.5, 0.6) is 5.75 Å². The maximum Gasteiger partial charge on any atom is 0.135 e. The lowest BCUT2D eigenvalue weighted by atomic mass is 9.96. The van der Waals surface area contributed by atoms with E-state index in [0.29, 0.717) is 6.61 Å². The summed E-state index contributed by atoms with van der Waals surface area (Å²) in [7, 11) is 0. The molecule has 1 aromatic heterocycles. The summed E-state index contributed by atoms with van der Waals surface area (Å²) < 4.78 is 13.9. The molecule has 2 heterocycles. The molecule has 1 aliphatic heterocycles. The zero-order chi connectivity index (χ0) is 19.3. The molecular weight excluding hydrogens is 372 g/mol. The van der Waals surface area contributed by atoms with Gasteiger partial charge in [0.1, 0.15) is 12.0 Å². The number of ether oxygens (including phenoxy) is 2. The Balaban J connectivity index is 1.50. The number of hydrogen-bond acceptors (Lipinski definition) is 3. The Labute approximate surface area is 171 Å². The standard InChI is InChI=1S/C23H25ClN2O2/c1-2-27-20-9-6-17(7-10-20)14-19-15-18(8-11-21(19)24)22-4-3-5-23(28-22)26-13-12-25-16-26/h6-13,15-16,22-23H,2-5,14H2,1H3/t22-,23?/m0/s1. The molecule has 0 N–H and O–H groups in total. The van der Waals surface area contributed by atoms with Crippen LogP contribution >= 0.6 is 11.6 Å². The zero-order valence-corrected chi connectivity index (χ0v) is 16.8. The van der Waals surface area contributed by atoms with Crippen LogP contribution in [0.3, 0.4) is 0 Å². The lowest BCUT2D eigenvalue weighted by Crippen LogP contribution is -2.20. The van der Waals surface area contributed by atoms with Crippen LogP contribution in [0, 0.1) is 0 Å². The SMILES string of the molecule is CCOc1ccc(Cc2cc([C@@H]3CCCC(n4ccnc4)O3)ccc2Cl)cc1. The van der Waals surface area contributed by atoms with E-state index in [1.165, 1.54) is 11.1 Å². The van der Waals surface area contributed by atoms with Crippen LogP contribution in [-0.2, 0) is 11.2 Å². The van der Waals surface area contributed by atoms with E-state index in [0.717, 1.165) is 42.0 Å². The van der Waals surface area contributed by atoms with Gasteiger partial charge in [-0.25, -0.2) is 4.98 Å². The van der Waals surface area contributed by atoms with E-state index in [-0.39, 0.29) is 12.3 Å². The number of halogens is 1. The first-order valence-corrected chi connectivity index (χ1v) is 10.2. The fourth-order valence-corrected chi connectivity index (χ4v) is 3.91. The summed E-state index contributed by atoms with van der Waals surface area (Å²) in [4.78, 5) is 4.14. The van der Waals surface area contributed by atoms with Crippen molar-refractivity contribution in [1.29, 1.82) is 0 Å². The second kappa shape index (κ2) is 8.80. The normalized spacial score (nSPS) is 19.5. The summed E-state index contributed by atoms with van der Waals surface area (Å²) >= 11 is 6.50. The molecule has 1 aliphatic rings. The van der Waals surface area contributed by atoms with Gasteiger partial charge in [0.25, 0.3) is 0 Å². The Bertz CT molecular complexity index is 893. The van der Waals surface area contributed by atoms with Gasteiger partial charge < -0.3 is 14.0 Å². The van der Waals surface area contributed by atoms with Crippen molar-refractivity contribution in [3.63, 3.8) is 0 Å². The summed E-state index contributed by atoms with van der Waals surface area (Å²) in [6.07, 6.45) is 9.67. The quantitative estimate of drug-likeness (QED) is 0.515. The van der Waals surface area contributed by atoms with Crippen molar-refractivity contribution in [2.24, 2.45) is 0 Å². The summed E-state index contributed by atoms with van der Waals surface area (Å²) in [6.45, 7) is 2.67. The minimum absolute atomic E-state index is 0.0477. The van der Waals surface area contributed by atoms with Gasteiger partial charge in [0.05, 0.1) is 19.0 Å². The van der Waals surface area contributed by atoms with E-state index >= 15 is 0 Å². The van der Waals surface area contributed by atoms with Crippen molar-refractivity contribution in [1.82, 2.24) is 9.55 Å². The van der Waals surface area contributed by atoms with Gasteiger partial charge in [-0.1, -0.05) is 35.9 Å². The molecule has 5 heteroatoms. The molecule has 2 aromatic carbocycles. The molecule has 3 aromatic rings. The van der Waals surface area contributed by atoms with Crippen LogP contribution < -0.4 is 4.74 Å². The van der Waals surface area contributed by atoms with E-state index in [9.17, 15) is 0 Å². The molecule has 1 fully saturated rings. The molecule has 0 radical (unpaired) electrons. The Kier molecular flexibility index (Phi) is 5.98. The molecule has 146 valence electrons. The minimum Gasteiger partial charge on any atom is -0.494 e. The number of benzene rings is 2. The molecule has 28 heavy (non-hydrogen) atoms. The van der Waals surface area contributed by atoms with E-state index in [2.05, 4.69) is 29.2 Å². The van der Waals surface area contributed by atoms with E-state index in [4.69, 9.17) is 21.1 Å². The molecule has 0 saturated carbocycles. The summed E-state index contributed by atoms with van der Waals surface area (Å²) in [5, 5.41) is 0.791. The summed E-state index contributed by atoms with van der Waals surface area (Å²) in [5.41, 5.74) is 3.52. The predicted molar refractivity (Wildman–Crippen MR) is 111 cm³/mol. The van der Waals surface area contributed by atoms with Crippen molar-refractivity contribution in [3.05, 3.63) is 82.9 Å². The first kappa shape index (κ1) is 19.0. The largest absolute Gasteiger partial charge is 0.494 e. The maximum atomic E-state index is 6.50. The zero-order valence-electron chi connectivity index (χ0n) is 16.1. The van der Waals surface area contributed by atoms with Gasteiger partial charge in [0, 0.05) is 17.4 Å². The van der Waals surface area contributed by atoms with Crippen LogP contribution in [-0.4, -0.2) is 16.2 Å². The van der Waals surface area contributed by atoms with Crippen molar-refractivity contribution in [3.8, 4) is 5.75 Å². The molecule has 1 unspecified atom stereocenters. The van der Waals surface area contributed by atoms with Gasteiger partial charge in [-0.3, -0.25) is 0 Å². The smallest absolute Gasteiger partial charge is 0.135 e. The second-order valence-electron chi connectivity index (χ2n) is 7.12. The number of nitrogens with zero attached hydrogens (tertiary/aromatic N) is 2. The highest BCUT2D eigenvalue weighted by Gasteiger charge is 2.25. The molecular formula is C23H25ClN2O2. The van der Waals surface area contributed by atoms with E-state index in [1.54, 1.807) is 6.20 Å². The molecule has 4 rings (SSSR count). The number of imidazole rings is 1. The summed E-state index contributed by atoms with van der Waals surface area (Å²) in [6, 6.07) is 14.5. The lowest BCUT2D eigenvalue weighted by Gasteiger charge is -2.31. The van der Waals surface area contributed by atoms with Gasteiger partial charge in [0.15, 0.2) is 0 Å². The maximum absolute atomic E-state index is 6.50. The molecule has 4 nitrogen and oxygen atoms in total. The Hall–Kier alpha value is -2.30. The fraction of sp³-hybridized carbons (Fsp3) is 0.348. The first-order valence-electron chi connectivity index (χ1n) is 9.86. The molecule has 0 spiro atoms. The molecule has 0 bridgehead atoms. The molecule has 1 saturated heterocycles.